The van der Waals surface area contributed by atoms with Crippen LogP contribution in [0.1, 0.15) is 32.8 Å². The molecule has 2 amide bonds. The van der Waals surface area contributed by atoms with E-state index in [-0.39, 0.29) is 25.0 Å². The van der Waals surface area contributed by atoms with Crippen LogP contribution in [0.4, 0.5) is 4.79 Å². The molecule has 2 atom stereocenters. The van der Waals surface area contributed by atoms with Crippen LogP contribution >= 0.6 is 0 Å². The molecule has 0 spiro atoms. The first-order chi connectivity index (χ1) is 10.8. The molecule has 1 fully saturated rings. The first-order valence-electron chi connectivity index (χ1n) is 7.75. The summed E-state index contributed by atoms with van der Waals surface area (Å²) in [6.45, 7) is 5.91. The fourth-order valence-electron chi connectivity index (χ4n) is 2.79. The van der Waals surface area contributed by atoms with E-state index in [0.717, 1.165) is 5.56 Å². The molecule has 1 aliphatic heterocycles. The van der Waals surface area contributed by atoms with Crippen molar-refractivity contribution in [1.29, 1.82) is 5.26 Å². The van der Waals surface area contributed by atoms with E-state index in [1.54, 1.807) is 0 Å². The molecule has 1 aliphatic rings. The van der Waals surface area contributed by atoms with Crippen LogP contribution in [0.15, 0.2) is 30.3 Å². The van der Waals surface area contributed by atoms with E-state index >= 15 is 0 Å². The smallest absolute Gasteiger partial charge is 0.416 e. The third kappa shape index (κ3) is 3.89. The van der Waals surface area contributed by atoms with Gasteiger partial charge in [-0.05, 0) is 17.4 Å². The Morgan fingerprint density at radius 1 is 1.39 bits per heavy atom. The number of hydrogen-bond acceptors (Lipinski definition) is 4. The highest BCUT2D eigenvalue weighted by Crippen LogP contribution is 2.32. The van der Waals surface area contributed by atoms with Gasteiger partial charge in [0.15, 0.2) is 0 Å². The van der Waals surface area contributed by atoms with E-state index in [1.807, 2.05) is 51.1 Å². The number of nitriles is 1. The van der Waals surface area contributed by atoms with Gasteiger partial charge >= 0.3 is 6.09 Å². The zero-order valence-electron chi connectivity index (χ0n) is 13.8. The molecule has 1 heterocycles. The van der Waals surface area contributed by atoms with Crippen LogP contribution in [0.2, 0.25) is 0 Å². The maximum atomic E-state index is 12.9. The summed E-state index contributed by atoms with van der Waals surface area (Å²) in [6.07, 6.45) is 0.0365. The van der Waals surface area contributed by atoms with Gasteiger partial charge in [-0.1, -0.05) is 51.1 Å². The number of benzene rings is 1. The van der Waals surface area contributed by atoms with Gasteiger partial charge in [0.2, 0.25) is 5.91 Å². The zero-order chi connectivity index (χ0) is 17.0. The molecule has 5 nitrogen and oxygen atoms in total. The maximum absolute atomic E-state index is 12.9. The van der Waals surface area contributed by atoms with Crippen LogP contribution in [-0.2, 0) is 16.0 Å². The first-order valence-corrected chi connectivity index (χ1v) is 7.75. The Hall–Kier alpha value is -2.35. The lowest BCUT2D eigenvalue weighted by Crippen LogP contribution is -2.46. The van der Waals surface area contributed by atoms with Gasteiger partial charge in [0.25, 0.3) is 0 Å². The van der Waals surface area contributed by atoms with Crippen molar-refractivity contribution in [2.45, 2.75) is 39.7 Å². The van der Waals surface area contributed by atoms with Gasteiger partial charge in [0.1, 0.15) is 6.61 Å². The highest BCUT2D eigenvalue weighted by molar-refractivity contribution is 5.95. The summed E-state index contributed by atoms with van der Waals surface area (Å²) < 4.78 is 5.10. The van der Waals surface area contributed by atoms with Crippen molar-refractivity contribution in [3.8, 4) is 6.07 Å². The van der Waals surface area contributed by atoms with Crippen molar-refractivity contribution in [3.05, 3.63) is 35.9 Å². The van der Waals surface area contributed by atoms with Crippen molar-refractivity contribution in [3.63, 3.8) is 0 Å². The van der Waals surface area contributed by atoms with Crippen LogP contribution in [0.5, 0.6) is 0 Å². The van der Waals surface area contributed by atoms with Crippen molar-refractivity contribution >= 4 is 12.0 Å². The summed E-state index contributed by atoms with van der Waals surface area (Å²) in [4.78, 5) is 26.1. The van der Waals surface area contributed by atoms with E-state index in [9.17, 15) is 9.59 Å². The van der Waals surface area contributed by atoms with Gasteiger partial charge in [0, 0.05) is 6.42 Å². The lowest BCUT2D eigenvalue weighted by molar-refractivity contribution is -0.136. The lowest BCUT2D eigenvalue weighted by atomic mass is 9.78. The third-order valence-corrected chi connectivity index (χ3v) is 4.15. The van der Waals surface area contributed by atoms with Gasteiger partial charge < -0.3 is 4.74 Å². The summed E-state index contributed by atoms with van der Waals surface area (Å²) in [6, 6.07) is 11.4. The summed E-state index contributed by atoms with van der Waals surface area (Å²) >= 11 is 0. The monoisotopic (exact) mass is 314 g/mol. The predicted molar refractivity (Wildman–Crippen MR) is 85.3 cm³/mol. The van der Waals surface area contributed by atoms with E-state index in [0.29, 0.717) is 6.42 Å². The molecule has 122 valence electrons. The van der Waals surface area contributed by atoms with Gasteiger partial charge in [-0.3, -0.25) is 4.79 Å². The van der Waals surface area contributed by atoms with Gasteiger partial charge in [-0.25, -0.2) is 9.69 Å². The predicted octanol–water partition coefficient (Wildman–Crippen LogP) is 3.15. The molecule has 1 aromatic carbocycles. The number of amides is 2. The zero-order valence-corrected chi connectivity index (χ0v) is 13.8. The van der Waals surface area contributed by atoms with Crippen LogP contribution in [0, 0.1) is 22.7 Å². The minimum absolute atomic E-state index is 0.0875. The fourth-order valence-corrected chi connectivity index (χ4v) is 2.79. The Kier molecular flexibility index (Phi) is 5.05. The molecular formula is C18H22N2O3. The van der Waals surface area contributed by atoms with Gasteiger partial charge in [0.05, 0.1) is 18.0 Å². The van der Waals surface area contributed by atoms with Crippen LogP contribution < -0.4 is 0 Å². The molecule has 1 saturated heterocycles. The molecule has 2 rings (SSSR count). The van der Waals surface area contributed by atoms with Crippen molar-refractivity contribution < 1.29 is 14.3 Å². The fraction of sp³-hybridized carbons (Fsp3) is 0.500. The Morgan fingerprint density at radius 2 is 2.04 bits per heavy atom. The molecule has 0 aliphatic carbocycles. The summed E-state index contributed by atoms with van der Waals surface area (Å²) in [5.41, 5.74) is 0.647. The van der Waals surface area contributed by atoms with Crippen LogP contribution in [-0.4, -0.2) is 29.5 Å². The Bertz CT molecular complexity index is 613. The SMILES string of the molecule is CC(C)(C)[C@@H](CC#N)C(=O)N1C(=O)OC[C@H]1Cc1ccccc1. The average Bonchev–Trinajstić information content (AvgIpc) is 2.85. The molecule has 1 aromatic rings. The van der Waals surface area contributed by atoms with Crippen molar-refractivity contribution in [2.24, 2.45) is 11.3 Å². The molecule has 5 heteroatoms. The second kappa shape index (κ2) is 6.82. The van der Waals surface area contributed by atoms with Gasteiger partial charge in [-0.15, -0.1) is 0 Å². The number of imide groups is 1. The quantitative estimate of drug-likeness (QED) is 0.856. The Labute approximate surface area is 136 Å². The standard InChI is InChI=1S/C18H22N2O3/c1-18(2,3)15(9-10-19)16(21)20-14(12-23-17(20)22)11-13-7-5-4-6-8-13/h4-8,14-15H,9,11-12H2,1-3H3/t14-,15+/m1/s1. The van der Waals surface area contributed by atoms with Crippen molar-refractivity contribution in [1.82, 2.24) is 4.90 Å². The first kappa shape index (κ1) is 17.0. The number of nitrogens with zero attached hydrogens (tertiary/aromatic N) is 2. The second-order valence-corrected chi connectivity index (χ2v) is 6.91. The summed E-state index contributed by atoms with van der Waals surface area (Å²) in [5, 5.41) is 9.02. The summed E-state index contributed by atoms with van der Waals surface area (Å²) in [5.74, 6) is -0.848. The molecule has 0 N–H and O–H groups in total. The number of hydrogen-bond donors (Lipinski definition) is 0. The molecular weight excluding hydrogens is 292 g/mol. The topological polar surface area (TPSA) is 70.4 Å². The van der Waals surface area contributed by atoms with Crippen LogP contribution in [0.25, 0.3) is 0 Å². The number of carbonyl (C=O) groups is 2. The number of rotatable bonds is 4. The molecule has 0 aromatic heterocycles. The van der Waals surface area contributed by atoms with E-state index in [1.165, 1.54) is 4.90 Å². The average molecular weight is 314 g/mol. The lowest BCUT2D eigenvalue weighted by Gasteiger charge is -2.31. The van der Waals surface area contributed by atoms with E-state index in [2.05, 4.69) is 6.07 Å². The minimum atomic E-state index is -0.608. The molecule has 0 saturated carbocycles. The number of cyclic esters (lactones) is 1. The minimum Gasteiger partial charge on any atom is -0.447 e. The summed E-state index contributed by atoms with van der Waals surface area (Å²) in [7, 11) is 0. The number of ether oxygens (including phenoxy) is 1. The normalized spacial score (nSPS) is 19.1. The van der Waals surface area contributed by atoms with Crippen molar-refractivity contribution in [2.75, 3.05) is 6.61 Å². The molecule has 0 unspecified atom stereocenters. The van der Waals surface area contributed by atoms with E-state index in [4.69, 9.17) is 10.00 Å². The third-order valence-electron chi connectivity index (χ3n) is 4.15. The molecule has 0 radical (unpaired) electrons. The van der Waals surface area contributed by atoms with Gasteiger partial charge in [-0.2, -0.15) is 5.26 Å². The largest absolute Gasteiger partial charge is 0.447 e. The van der Waals surface area contributed by atoms with E-state index < -0.39 is 17.4 Å². The maximum Gasteiger partial charge on any atom is 0.416 e. The van der Waals surface area contributed by atoms with Crippen LogP contribution in [0.3, 0.4) is 0 Å². The Morgan fingerprint density at radius 3 is 2.61 bits per heavy atom. The molecule has 23 heavy (non-hydrogen) atoms. The Balaban J connectivity index is 2.21. The highest BCUT2D eigenvalue weighted by Gasteiger charge is 2.43. The second-order valence-electron chi connectivity index (χ2n) is 6.91. The highest BCUT2D eigenvalue weighted by atomic mass is 16.6. The number of carbonyl (C=O) groups excluding carboxylic acids is 2. The molecule has 0 bridgehead atoms.